The molecule has 47 heavy (non-hydrogen) atoms. The van der Waals surface area contributed by atoms with E-state index in [-0.39, 0.29) is 30.6 Å². The molecular weight excluding hydrogens is 594 g/mol. The number of nitrogens with zero attached hydrogens (tertiary/aromatic N) is 1. The number of aliphatic hydroxyl groups excluding tert-OH is 1. The highest BCUT2D eigenvalue weighted by Crippen LogP contribution is 2.39. The zero-order valence-corrected chi connectivity index (χ0v) is 27.2. The molecule has 2 heterocycles. The van der Waals surface area contributed by atoms with E-state index in [9.17, 15) is 14.7 Å². The highest BCUT2D eigenvalue weighted by atomic mass is 16.7. The first-order chi connectivity index (χ1) is 23.0. The molecule has 2 saturated heterocycles. The zero-order valence-electron chi connectivity index (χ0n) is 27.2. The van der Waals surface area contributed by atoms with Crippen molar-refractivity contribution in [3.05, 3.63) is 95.1 Å². The molecule has 0 aliphatic carbocycles. The quantitative estimate of drug-likeness (QED) is 0.0867. The van der Waals surface area contributed by atoms with Gasteiger partial charge in [-0.25, -0.2) is 5.48 Å². The Morgan fingerprint density at radius 2 is 1.47 bits per heavy atom. The van der Waals surface area contributed by atoms with E-state index in [1.54, 1.807) is 5.48 Å². The summed E-state index contributed by atoms with van der Waals surface area (Å²) in [6.07, 6.45) is 7.98. The predicted octanol–water partition coefficient (Wildman–Crippen LogP) is 6.34. The van der Waals surface area contributed by atoms with E-state index in [1.807, 2.05) is 24.3 Å². The minimum atomic E-state index is -0.475. The fraction of sp³-hybridized carbons (Fsp3) is 0.474. The first-order valence-corrected chi connectivity index (χ1v) is 17.1. The van der Waals surface area contributed by atoms with E-state index < -0.39 is 6.29 Å². The van der Waals surface area contributed by atoms with Gasteiger partial charge in [0.2, 0.25) is 11.8 Å². The van der Waals surface area contributed by atoms with Gasteiger partial charge in [0, 0.05) is 37.9 Å². The topological polar surface area (TPSA) is 120 Å². The molecule has 0 spiro atoms. The lowest BCUT2D eigenvalue weighted by Crippen LogP contribution is -2.41. The Morgan fingerprint density at radius 3 is 2.17 bits per heavy atom. The summed E-state index contributed by atoms with van der Waals surface area (Å²) >= 11 is 0. The maximum Gasteiger partial charge on any atom is 0.243 e. The van der Waals surface area contributed by atoms with Crippen molar-refractivity contribution in [2.45, 2.75) is 95.9 Å². The molecule has 2 aliphatic heterocycles. The Bertz CT molecular complexity index is 1410. The number of hydroxylamine groups is 1. The highest BCUT2D eigenvalue weighted by Gasteiger charge is 2.33. The van der Waals surface area contributed by atoms with E-state index in [0.29, 0.717) is 25.8 Å². The number of benzene rings is 3. The number of ether oxygens (including phenoxy) is 2. The lowest BCUT2D eigenvalue weighted by molar-refractivity contribution is -0.253. The molecule has 2 amide bonds. The molecule has 3 aromatic rings. The van der Waals surface area contributed by atoms with Crippen molar-refractivity contribution < 1.29 is 29.4 Å². The first-order valence-electron chi connectivity index (χ1n) is 17.1. The molecule has 3 aromatic carbocycles. The van der Waals surface area contributed by atoms with Crippen LogP contribution in [0.3, 0.4) is 0 Å². The van der Waals surface area contributed by atoms with Crippen molar-refractivity contribution in [3.8, 4) is 11.1 Å². The van der Waals surface area contributed by atoms with Crippen LogP contribution in [0.5, 0.6) is 0 Å². The fourth-order valence-corrected chi connectivity index (χ4v) is 6.43. The number of hydrogen-bond acceptors (Lipinski definition) is 7. The summed E-state index contributed by atoms with van der Waals surface area (Å²) in [5.41, 5.74) is 7.79. The molecular formula is C38H49N3O6. The molecule has 9 nitrogen and oxygen atoms in total. The summed E-state index contributed by atoms with van der Waals surface area (Å²) in [5.74, 6) is -0.359. The Balaban J connectivity index is 1.17. The highest BCUT2D eigenvalue weighted by molar-refractivity contribution is 5.76. The van der Waals surface area contributed by atoms with Gasteiger partial charge >= 0.3 is 0 Å². The summed E-state index contributed by atoms with van der Waals surface area (Å²) in [4.78, 5) is 26.0. The molecule has 0 aromatic heterocycles. The number of rotatable bonds is 15. The van der Waals surface area contributed by atoms with Gasteiger partial charge in [-0.05, 0) is 72.7 Å². The van der Waals surface area contributed by atoms with Crippen LogP contribution in [0.4, 0.5) is 0 Å². The van der Waals surface area contributed by atoms with Crippen molar-refractivity contribution in [2.24, 2.45) is 0 Å². The van der Waals surface area contributed by atoms with Crippen LogP contribution < -0.4 is 10.8 Å². The van der Waals surface area contributed by atoms with E-state index in [1.165, 1.54) is 19.3 Å². The van der Waals surface area contributed by atoms with Crippen molar-refractivity contribution in [3.63, 3.8) is 0 Å². The fourth-order valence-electron chi connectivity index (χ4n) is 6.43. The number of carbonyl (C=O) groups is 2. The van der Waals surface area contributed by atoms with Crippen LogP contribution >= 0.6 is 0 Å². The third kappa shape index (κ3) is 10.7. The van der Waals surface area contributed by atoms with E-state index in [4.69, 9.17) is 14.7 Å². The molecule has 9 heteroatoms. The van der Waals surface area contributed by atoms with Gasteiger partial charge in [0.05, 0.1) is 18.8 Å². The molecule has 0 bridgehead atoms. The van der Waals surface area contributed by atoms with E-state index in [2.05, 4.69) is 58.7 Å². The molecule has 0 saturated carbocycles. The van der Waals surface area contributed by atoms with Crippen LogP contribution in [-0.2, 0) is 32.2 Å². The number of amides is 2. The number of unbranched alkanes of at least 4 members (excludes halogenated alkanes) is 3. The smallest absolute Gasteiger partial charge is 0.243 e. The zero-order chi connectivity index (χ0) is 32.8. The van der Waals surface area contributed by atoms with Crippen molar-refractivity contribution in [2.75, 3.05) is 19.6 Å². The van der Waals surface area contributed by atoms with Crippen molar-refractivity contribution >= 4 is 11.8 Å². The summed E-state index contributed by atoms with van der Waals surface area (Å²) in [7, 11) is 0. The van der Waals surface area contributed by atoms with Crippen molar-refractivity contribution in [1.29, 1.82) is 0 Å². The lowest BCUT2D eigenvalue weighted by atomic mass is 9.98. The number of nitrogens with one attached hydrogen (secondary N) is 2. The van der Waals surface area contributed by atoms with Crippen molar-refractivity contribution in [1.82, 2.24) is 15.7 Å². The monoisotopic (exact) mass is 643 g/mol. The van der Waals surface area contributed by atoms with Gasteiger partial charge in [-0.15, -0.1) is 0 Å². The molecule has 4 N–H and O–H groups in total. The third-order valence-electron chi connectivity index (χ3n) is 9.14. The number of aliphatic hydroxyl groups is 1. The van der Waals surface area contributed by atoms with E-state index >= 15 is 0 Å². The predicted molar refractivity (Wildman–Crippen MR) is 180 cm³/mol. The molecule has 2 aliphatic rings. The van der Waals surface area contributed by atoms with Gasteiger partial charge in [-0.2, -0.15) is 0 Å². The minimum Gasteiger partial charge on any atom is -0.392 e. The number of piperidine rings is 1. The summed E-state index contributed by atoms with van der Waals surface area (Å²) < 4.78 is 13.1. The first kappa shape index (κ1) is 34.7. The van der Waals surface area contributed by atoms with Gasteiger partial charge in [0.1, 0.15) is 0 Å². The number of carbonyl (C=O) groups excluding carboxylic acids is 2. The molecule has 2 fully saturated rings. The van der Waals surface area contributed by atoms with Crippen LogP contribution in [-0.4, -0.2) is 52.8 Å². The van der Waals surface area contributed by atoms with Gasteiger partial charge in [0.15, 0.2) is 6.29 Å². The normalized spacial score (nSPS) is 20.1. The average molecular weight is 644 g/mol. The molecule has 252 valence electrons. The molecule has 5 rings (SSSR count). The van der Waals surface area contributed by atoms with Crippen LogP contribution in [0.2, 0.25) is 0 Å². The van der Waals surface area contributed by atoms with Crippen LogP contribution in [0.25, 0.3) is 11.1 Å². The Hall–Kier alpha value is -3.60. The number of hydrogen-bond donors (Lipinski definition) is 4. The standard InChI is InChI=1S/C38H49N3O6/c42-27-28-13-15-31(16-14-28)35-24-34(26-41-21-6-3-7-22-41)46-38(47-35)32-19-17-30(18-20-32)33-10-8-9-29(23-33)25-39-36(43)11-4-1-2-5-12-37(44)40-45/h8-10,13-20,23,34-35,38,42,45H,1-7,11-12,21-22,24-27H2,(H,39,43)(H,40,44)/t34-,35+,38+/m1/s1. The minimum absolute atomic E-state index is 0.0153. The van der Waals surface area contributed by atoms with Crippen LogP contribution in [0.1, 0.15) is 98.9 Å². The average Bonchev–Trinajstić information content (AvgIpc) is 3.12. The van der Waals surface area contributed by atoms with Gasteiger partial charge < -0.3 is 24.8 Å². The van der Waals surface area contributed by atoms with Gasteiger partial charge in [-0.1, -0.05) is 86.0 Å². The summed E-state index contributed by atoms with van der Waals surface area (Å²) in [5, 5.41) is 21.1. The molecule has 0 unspecified atom stereocenters. The largest absolute Gasteiger partial charge is 0.392 e. The Labute approximate surface area is 278 Å². The second-order valence-corrected chi connectivity index (χ2v) is 12.8. The lowest BCUT2D eigenvalue weighted by Gasteiger charge is -2.39. The summed E-state index contributed by atoms with van der Waals surface area (Å²) in [6, 6.07) is 24.6. The van der Waals surface area contributed by atoms with E-state index in [0.717, 1.165) is 78.7 Å². The van der Waals surface area contributed by atoms with Gasteiger partial charge in [-0.3, -0.25) is 14.8 Å². The number of likely N-dealkylation sites (tertiary alicyclic amines) is 1. The SMILES string of the molecule is O=C(CCCCCCC(=O)NCc1cccc(-c2ccc([C@H]3O[C@@H](CN4CCCCC4)C[C@@H](c4ccc(CO)cc4)O3)cc2)c1)NO. The third-order valence-corrected chi connectivity index (χ3v) is 9.14. The Kier molecular flexibility index (Phi) is 13.4. The van der Waals surface area contributed by atoms with Gasteiger partial charge in [0.25, 0.3) is 0 Å². The molecule has 3 atom stereocenters. The molecule has 0 radical (unpaired) electrons. The Morgan fingerprint density at radius 1 is 0.766 bits per heavy atom. The second kappa shape index (κ2) is 18.1. The second-order valence-electron chi connectivity index (χ2n) is 12.8. The summed E-state index contributed by atoms with van der Waals surface area (Å²) in [6.45, 7) is 3.63. The van der Waals surface area contributed by atoms with Crippen LogP contribution in [0, 0.1) is 0 Å². The maximum atomic E-state index is 12.4. The maximum absolute atomic E-state index is 12.4. The van der Waals surface area contributed by atoms with Crippen LogP contribution in [0.15, 0.2) is 72.8 Å².